The van der Waals surface area contributed by atoms with Crippen LogP contribution in [0.5, 0.6) is 0 Å². The second kappa shape index (κ2) is 6.88. The largest absolute Gasteiger partial charge is 0.394 e. The number of aliphatic hydroxyl groups is 1. The average Bonchev–Trinajstić information content (AvgIpc) is 2.88. The molecule has 2 unspecified atom stereocenters. The van der Waals surface area contributed by atoms with Gasteiger partial charge in [0.05, 0.1) is 6.61 Å². The summed E-state index contributed by atoms with van der Waals surface area (Å²) >= 11 is 0. The summed E-state index contributed by atoms with van der Waals surface area (Å²) in [6, 6.07) is 0. The fraction of sp³-hybridized carbons (Fsp3) is 1.00. The highest BCUT2D eigenvalue weighted by molar-refractivity contribution is 4.92. The Morgan fingerprint density at radius 1 is 1.28 bits per heavy atom. The van der Waals surface area contributed by atoms with Crippen molar-refractivity contribution < 1.29 is 5.11 Å². The van der Waals surface area contributed by atoms with Crippen molar-refractivity contribution in [1.82, 2.24) is 10.2 Å². The Hall–Kier alpha value is -0.120. The number of likely N-dealkylation sites (tertiary alicyclic amines) is 1. The van der Waals surface area contributed by atoms with Crippen LogP contribution in [-0.4, -0.2) is 48.3 Å². The zero-order chi connectivity index (χ0) is 12.8. The van der Waals surface area contributed by atoms with Crippen molar-refractivity contribution in [2.75, 3.05) is 32.8 Å². The molecule has 2 rings (SSSR count). The molecule has 1 saturated heterocycles. The van der Waals surface area contributed by atoms with Gasteiger partial charge in [-0.1, -0.05) is 19.8 Å². The fourth-order valence-corrected chi connectivity index (χ4v) is 3.68. The normalized spacial score (nSPS) is 34.0. The maximum absolute atomic E-state index is 9.70. The zero-order valence-electron chi connectivity index (χ0n) is 12.0. The molecule has 0 spiro atoms. The number of nitrogens with one attached hydrogen (secondary N) is 1. The van der Waals surface area contributed by atoms with Crippen molar-refractivity contribution >= 4 is 0 Å². The summed E-state index contributed by atoms with van der Waals surface area (Å²) in [5.74, 6) is 0.761. The molecule has 0 radical (unpaired) electrons. The molecule has 1 heterocycles. The van der Waals surface area contributed by atoms with Crippen molar-refractivity contribution in [2.24, 2.45) is 5.92 Å². The molecule has 2 fully saturated rings. The second-order valence-electron chi connectivity index (χ2n) is 6.47. The highest BCUT2D eigenvalue weighted by Crippen LogP contribution is 2.31. The molecular formula is C15H30N2O. The molecule has 1 aliphatic heterocycles. The van der Waals surface area contributed by atoms with Gasteiger partial charge >= 0.3 is 0 Å². The van der Waals surface area contributed by atoms with Gasteiger partial charge in [0.25, 0.3) is 0 Å². The van der Waals surface area contributed by atoms with E-state index < -0.39 is 0 Å². The molecule has 1 aliphatic carbocycles. The van der Waals surface area contributed by atoms with E-state index in [1.165, 1.54) is 51.7 Å². The SMILES string of the molecule is CC1CCCC(CO)(NCCCN2CCCC2)C1. The molecule has 0 bridgehead atoms. The molecule has 18 heavy (non-hydrogen) atoms. The monoisotopic (exact) mass is 254 g/mol. The molecule has 2 atom stereocenters. The van der Waals surface area contributed by atoms with Gasteiger partial charge < -0.3 is 15.3 Å². The number of aliphatic hydroxyl groups excluding tert-OH is 1. The van der Waals surface area contributed by atoms with Gasteiger partial charge in [0.1, 0.15) is 0 Å². The third-order valence-corrected chi connectivity index (χ3v) is 4.74. The van der Waals surface area contributed by atoms with E-state index in [-0.39, 0.29) is 5.54 Å². The lowest BCUT2D eigenvalue weighted by Gasteiger charge is -2.39. The summed E-state index contributed by atoms with van der Waals surface area (Å²) in [6.07, 6.45) is 8.87. The summed E-state index contributed by atoms with van der Waals surface area (Å²) in [5.41, 5.74) is 0.0304. The Morgan fingerprint density at radius 3 is 2.72 bits per heavy atom. The van der Waals surface area contributed by atoms with Gasteiger partial charge in [0.15, 0.2) is 0 Å². The summed E-state index contributed by atoms with van der Waals surface area (Å²) in [5, 5.41) is 13.4. The first-order valence-corrected chi connectivity index (χ1v) is 7.82. The number of hydrogen-bond acceptors (Lipinski definition) is 3. The summed E-state index contributed by atoms with van der Waals surface area (Å²) in [6.45, 7) is 7.49. The van der Waals surface area contributed by atoms with E-state index >= 15 is 0 Å². The standard InChI is InChI=1S/C15H30N2O/c1-14-6-4-7-15(12-14,13-18)16-8-5-11-17-9-2-3-10-17/h14,16,18H,2-13H2,1H3. The van der Waals surface area contributed by atoms with Crippen molar-refractivity contribution in [3.05, 3.63) is 0 Å². The van der Waals surface area contributed by atoms with Crippen LogP contribution in [0.15, 0.2) is 0 Å². The second-order valence-corrected chi connectivity index (χ2v) is 6.47. The molecule has 3 nitrogen and oxygen atoms in total. The number of nitrogens with zero attached hydrogens (tertiary/aromatic N) is 1. The summed E-state index contributed by atoms with van der Waals surface area (Å²) in [7, 11) is 0. The van der Waals surface area contributed by atoms with Gasteiger partial charge in [-0.05, 0) is 64.2 Å². The lowest BCUT2D eigenvalue weighted by atomic mass is 9.77. The lowest BCUT2D eigenvalue weighted by Crippen LogP contribution is -2.52. The van der Waals surface area contributed by atoms with Crippen LogP contribution in [0, 0.1) is 5.92 Å². The first-order valence-electron chi connectivity index (χ1n) is 7.82. The van der Waals surface area contributed by atoms with Crippen LogP contribution in [0.2, 0.25) is 0 Å². The van der Waals surface area contributed by atoms with Crippen LogP contribution in [0.3, 0.4) is 0 Å². The molecule has 0 aromatic rings. The molecular weight excluding hydrogens is 224 g/mol. The smallest absolute Gasteiger partial charge is 0.0613 e. The van der Waals surface area contributed by atoms with E-state index in [2.05, 4.69) is 17.1 Å². The quantitative estimate of drug-likeness (QED) is 0.712. The van der Waals surface area contributed by atoms with Crippen LogP contribution in [0.1, 0.15) is 51.9 Å². The number of rotatable bonds is 6. The number of hydrogen-bond donors (Lipinski definition) is 2. The Bertz CT molecular complexity index is 241. The predicted molar refractivity (Wildman–Crippen MR) is 75.7 cm³/mol. The Balaban J connectivity index is 1.66. The minimum atomic E-state index is 0.0304. The van der Waals surface area contributed by atoms with Crippen LogP contribution in [0.25, 0.3) is 0 Å². The van der Waals surface area contributed by atoms with Gasteiger partial charge in [-0.3, -0.25) is 0 Å². The molecule has 3 heteroatoms. The van der Waals surface area contributed by atoms with E-state index in [0.29, 0.717) is 6.61 Å². The van der Waals surface area contributed by atoms with Crippen LogP contribution in [0.4, 0.5) is 0 Å². The molecule has 2 aliphatic rings. The Morgan fingerprint density at radius 2 is 2.06 bits per heavy atom. The topological polar surface area (TPSA) is 35.5 Å². The minimum Gasteiger partial charge on any atom is -0.394 e. The van der Waals surface area contributed by atoms with E-state index in [4.69, 9.17) is 0 Å². The fourth-order valence-electron chi connectivity index (χ4n) is 3.68. The molecule has 106 valence electrons. The molecule has 2 N–H and O–H groups in total. The van der Waals surface area contributed by atoms with Gasteiger partial charge in [0.2, 0.25) is 0 Å². The molecule has 0 aromatic heterocycles. The van der Waals surface area contributed by atoms with Crippen molar-refractivity contribution in [2.45, 2.75) is 57.4 Å². The first kappa shape index (κ1) is 14.3. The van der Waals surface area contributed by atoms with E-state index in [1.54, 1.807) is 0 Å². The van der Waals surface area contributed by atoms with Gasteiger partial charge in [-0.15, -0.1) is 0 Å². The van der Waals surface area contributed by atoms with Crippen LogP contribution >= 0.6 is 0 Å². The van der Waals surface area contributed by atoms with Crippen molar-refractivity contribution in [3.63, 3.8) is 0 Å². The van der Waals surface area contributed by atoms with Crippen LogP contribution < -0.4 is 5.32 Å². The maximum Gasteiger partial charge on any atom is 0.0613 e. The van der Waals surface area contributed by atoms with Crippen molar-refractivity contribution in [3.8, 4) is 0 Å². The van der Waals surface area contributed by atoms with E-state index in [1.807, 2.05) is 0 Å². The maximum atomic E-state index is 9.70. The van der Waals surface area contributed by atoms with Gasteiger partial charge in [-0.25, -0.2) is 0 Å². The summed E-state index contributed by atoms with van der Waals surface area (Å²) in [4.78, 5) is 2.57. The highest BCUT2D eigenvalue weighted by atomic mass is 16.3. The minimum absolute atomic E-state index is 0.0304. The first-order chi connectivity index (χ1) is 8.74. The molecule has 1 saturated carbocycles. The van der Waals surface area contributed by atoms with Crippen molar-refractivity contribution in [1.29, 1.82) is 0 Å². The van der Waals surface area contributed by atoms with Gasteiger partial charge in [-0.2, -0.15) is 0 Å². The molecule has 0 aromatic carbocycles. The Labute approximate surface area is 112 Å². The summed E-state index contributed by atoms with van der Waals surface area (Å²) < 4.78 is 0. The predicted octanol–water partition coefficient (Wildman–Crippen LogP) is 2.00. The van der Waals surface area contributed by atoms with Crippen LogP contribution in [-0.2, 0) is 0 Å². The highest BCUT2D eigenvalue weighted by Gasteiger charge is 2.33. The third kappa shape index (κ3) is 3.94. The lowest BCUT2D eigenvalue weighted by molar-refractivity contribution is 0.0989. The van der Waals surface area contributed by atoms with Gasteiger partial charge in [0, 0.05) is 5.54 Å². The average molecular weight is 254 g/mol. The zero-order valence-corrected chi connectivity index (χ0v) is 12.0. The molecule has 0 amide bonds. The third-order valence-electron chi connectivity index (χ3n) is 4.74. The van der Waals surface area contributed by atoms with E-state index in [9.17, 15) is 5.11 Å². The van der Waals surface area contributed by atoms with E-state index in [0.717, 1.165) is 25.3 Å². The Kier molecular flexibility index (Phi) is 5.46.